The summed E-state index contributed by atoms with van der Waals surface area (Å²) < 4.78 is 15.2. The van der Waals surface area contributed by atoms with E-state index < -0.39 is 0 Å². The Balaban J connectivity index is 1.88. The molecular weight excluding hydrogens is 200 g/mol. The second kappa shape index (κ2) is 3.27. The van der Waals surface area contributed by atoms with Crippen molar-refractivity contribution in [2.45, 2.75) is 11.6 Å². The lowest BCUT2D eigenvalue weighted by atomic mass is 9.87. The predicted octanol–water partition coefficient (Wildman–Crippen LogP) is 0.573. The van der Waals surface area contributed by atoms with Gasteiger partial charge < -0.3 is 14.8 Å². The first-order valence-corrected chi connectivity index (χ1v) is 5.59. The quantitative estimate of drug-likeness (QED) is 0.739. The molecule has 1 atom stereocenters. The average molecular weight is 212 g/mol. The van der Waals surface area contributed by atoms with Crippen LogP contribution in [0.1, 0.15) is 11.6 Å². The van der Waals surface area contributed by atoms with Gasteiger partial charge in [0.2, 0.25) is 0 Å². The van der Waals surface area contributed by atoms with Gasteiger partial charge in [-0.1, -0.05) is 0 Å². The molecule has 1 N–H and O–H groups in total. The fraction of sp³-hybridized carbons (Fsp3) is 0.667. The van der Waals surface area contributed by atoms with Crippen molar-refractivity contribution in [3.63, 3.8) is 0 Å². The molecule has 1 unspecified atom stereocenters. The molecule has 3 rings (SSSR count). The van der Waals surface area contributed by atoms with Gasteiger partial charge >= 0.3 is 0 Å². The van der Waals surface area contributed by atoms with Gasteiger partial charge in [-0.2, -0.15) is 0 Å². The zero-order chi connectivity index (χ0) is 9.43. The molecule has 14 heavy (non-hydrogen) atoms. The van der Waals surface area contributed by atoms with E-state index in [1.54, 1.807) is 0 Å². The first kappa shape index (κ1) is 8.79. The molecule has 1 aromatic heterocycles. The molecule has 2 saturated heterocycles. The predicted molar refractivity (Wildman–Crippen MR) is 52.4 cm³/mol. The molecule has 0 bridgehead atoms. The van der Waals surface area contributed by atoms with Crippen molar-refractivity contribution >= 4 is 11.5 Å². The Bertz CT molecular complexity index is 311. The Kier molecular flexibility index (Phi) is 2.05. The number of aromatic nitrogens is 1. The lowest BCUT2D eigenvalue weighted by Crippen LogP contribution is -2.63. The fourth-order valence-corrected chi connectivity index (χ4v) is 2.62. The highest BCUT2D eigenvalue weighted by atomic mass is 32.1. The Morgan fingerprint density at radius 1 is 1.57 bits per heavy atom. The number of nitrogens with zero attached hydrogens (tertiary/aromatic N) is 1. The molecule has 0 radical (unpaired) electrons. The molecule has 1 spiro atoms. The molecule has 0 aromatic carbocycles. The third-order valence-corrected chi connectivity index (χ3v) is 3.45. The molecule has 3 heterocycles. The number of morpholine rings is 1. The van der Waals surface area contributed by atoms with Crippen molar-refractivity contribution in [3.05, 3.63) is 17.1 Å². The third kappa shape index (κ3) is 1.20. The molecule has 2 fully saturated rings. The maximum Gasteiger partial charge on any atom is 0.134 e. The highest BCUT2D eigenvalue weighted by Gasteiger charge is 2.49. The minimum atomic E-state index is -0.124. The SMILES string of the molecule is c1nscc1C1NCCOC12COC2. The summed E-state index contributed by atoms with van der Waals surface area (Å²) in [6.07, 6.45) is 1.91. The van der Waals surface area contributed by atoms with Gasteiger partial charge in [-0.3, -0.25) is 0 Å². The molecule has 76 valence electrons. The summed E-state index contributed by atoms with van der Waals surface area (Å²) in [5, 5.41) is 5.55. The summed E-state index contributed by atoms with van der Waals surface area (Å²) in [4.78, 5) is 0. The molecule has 4 nitrogen and oxygen atoms in total. The summed E-state index contributed by atoms with van der Waals surface area (Å²) in [7, 11) is 0. The largest absolute Gasteiger partial charge is 0.375 e. The lowest BCUT2D eigenvalue weighted by molar-refractivity contribution is -0.239. The van der Waals surface area contributed by atoms with Gasteiger partial charge in [0, 0.05) is 23.7 Å². The van der Waals surface area contributed by atoms with E-state index in [9.17, 15) is 0 Å². The van der Waals surface area contributed by atoms with Crippen LogP contribution in [-0.2, 0) is 9.47 Å². The van der Waals surface area contributed by atoms with Crippen molar-refractivity contribution in [2.24, 2.45) is 0 Å². The van der Waals surface area contributed by atoms with Crippen LogP contribution in [0.5, 0.6) is 0 Å². The number of hydrogen-bond donors (Lipinski definition) is 1. The van der Waals surface area contributed by atoms with Crippen LogP contribution < -0.4 is 5.32 Å². The van der Waals surface area contributed by atoms with Gasteiger partial charge in [0.05, 0.1) is 25.9 Å². The minimum Gasteiger partial charge on any atom is -0.375 e. The van der Waals surface area contributed by atoms with Crippen LogP contribution >= 0.6 is 11.5 Å². The first-order chi connectivity index (χ1) is 6.91. The first-order valence-electron chi connectivity index (χ1n) is 4.75. The molecule has 0 saturated carbocycles. The summed E-state index contributed by atoms with van der Waals surface area (Å²) in [5.41, 5.74) is 1.10. The van der Waals surface area contributed by atoms with E-state index in [0.717, 1.165) is 13.2 Å². The number of ether oxygens (including phenoxy) is 2. The monoisotopic (exact) mass is 212 g/mol. The van der Waals surface area contributed by atoms with Crippen molar-refractivity contribution in [1.82, 2.24) is 9.69 Å². The standard InChI is InChI=1S/C9H12N2O2S/c1-2-13-9(5-12-6-9)8(10-1)7-3-11-14-4-7/h3-4,8,10H,1-2,5-6H2. The van der Waals surface area contributed by atoms with Crippen LogP contribution in [-0.4, -0.2) is 36.3 Å². The number of hydrogen-bond acceptors (Lipinski definition) is 5. The maximum absolute atomic E-state index is 5.83. The Morgan fingerprint density at radius 2 is 2.50 bits per heavy atom. The van der Waals surface area contributed by atoms with Crippen LogP contribution in [0.3, 0.4) is 0 Å². The van der Waals surface area contributed by atoms with Crippen LogP contribution in [0.15, 0.2) is 11.6 Å². The van der Waals surface area contributed by atoms with Crippen LogP contribution in [0, 0.1) is 0 Å². The Labute approximate surface area is 86.4 Å². The summed E-state index contributed by atoms with van der Waals surface area (Å²) >= 11 is 1.48. The van der Waals surface area contributed by atoms with E-state index >= 15 is 0 Å². The second-order valence-corrected chi connectivity index (χ2v) is 4.41. The number of nitrogens with one attached hydrogen (secondary N) is 1. The second-order valence-electron chi connectivity index (χ2n) is 3.75. The van der Waals surface area contributed by atoms with Crippen molar-refractivity contribution < 1.29 is 9.47 Å². The van der Waals surface area contributed by atoms with E-state index in [2.05, 4.69) is 15.1 Å². The molecule has 2 aliphatic rings. The molecule has 1 aromatic rings. The van der Waals surface area contributed by atoms with Crippen molar-refractivity contribution in [2.75, 3.05) is 26.4 Å². The average Bonchev–Trinajstić information content (AvgIpc) is 2.68. The van der Waals surface area contributed by atoms with E-state index in [4.69, 9.17) is 9.47 Å². The molecule has 0 amide bonds. The van der Waals surface area contributed by atoms with Crippen LogP contribution in [0.25, 0.3) is 0 Å². The molecule has 5 heteroatoms. The number of rotatable bonds is 1. The molecule has 0 aliphatic carbocycles. The van der Waals surface area contributed by atoms with Gasteiger partial charge in [-0.05, 0) is 11.5 Å². The molecular formula is C9H12N2O2S. The minimum absolute atomic E-state index is 0.124. The highest BCUT2D eigenvalue weighted by molar-refractivity contribution is 7.03. The lowest BCUT2D eigenvalue weighted by Gasteiger charge is -2.49. The van der Waals surface area contributed by atoms with Gasteiger partial charge in [0.25, 0.3) is 0 Å². The van der Waals surface area contributed by atoms with E-state index in [1.807, 2.05) is 6.20 Å². The fourth-order valence-electron chi connectivity index (χ4n) is 2.06. The van der Waals surface area contributed by atoms with Crippen molar-refractivity contribution in [3.8, 4) is 0 Å². The van der Waals surface area contributed by atoms with E-state index in [-0.39, 0.29) is 11.6 Å². The Morgan fingerprint density at radius 3 is 3.14 bits per heavy atom. The van der Waals surface area contributed by atoms with Gasteiger partial charge in [0.15, 0.2) is 0 Å². The van der Waals surface area contributed by atoms with E-state index in [1.165, 1.54) is 17.1 Å². The third-order valence-electron chi connectivity index (χ3n) is 2.84. The Hall–Kier alpha value is -0.490. The van der Waals surface area contributed by atoms with Gasteiger partial charge in [0.1, 0.15) is 5.60 Å². The van der Waals surface area contributed by atoms with Crippen molar-refractivity contribution in [1.29, 1.82) is 0 Å². The molecule has 2 aliphatic heterocycles. The van der Waals surface area contributed by atoms with Crippen LogP contribution in [0.2, 0.25) is 0 Å². The summed E-state index contributed by atoms with van der Waals surface area (Å²) in [6, 6.07) is 0.253. The van der Waals surface area contributed by atoms with Gasteiger partial charge in [-0.25, -0.2) is 4.37 Å². The maximum atomic E-state index is 5.83. The van der Waals surface area contributed by atoms with Crippen LogP contribution in [0.4, 0.5) is 0 Å². The summed E-state index contributed by atoms with van der Waals surface area (Å²) in [6.45, 7) is 3.07. The summed E-state index contributed by atoms with van der Waals surface area (Å²) in [5.74, 6) is 0. The zero-order valence-electron chi connectivity index (χ0n) is 7.73. The zero-order valence-corrected chi connectivity index (χ0v) is 8.55. The van der Waals surface area contributed by atoms with Gasteiger partial charge in [-0.15, -0.1) is 0 Å². The smallest absolute Gasteiger partial charge is 0.134 e. The highest BCUT2D eigenvalue weighted by Crippen LogP contribution is 2.37. The van der Waals surface area contributed by atoms with E-state index in [0.29, 0.717) is 13.2 Å². The topological polar surface area (TPSA) is 43.4 Å². The normalized spacial score (nSPS) is 30.1.